The van der Waals surface area contributed by atoms with Crippen LogP contribution in [0.1, 0.15) is 11.1 Å². The van der Waals surface area contributed by atoms with Crippen molar-refractivity contribution in [3.05, 3.63) is 58.1 Å². The number of hydrogen-bond acceptors (Lipinski definition) is 2. The standard InChI is InChI=1S/C14H11BrN2/c1-10-2-3-11(9-16)14(8-10)17-13-6-4-12(15)5-7-13/h2-8,17H,1H3. The fraction of sp³-hybridized carbons (Fsp3) is 0.0714. The maximum absolute atomic E-state index is 9.03. The fourth-order valence-electron chi connectivity index (χ4n) is 1.55. The van der Waals surface area contributed by atoms with E-state index >= 15 is 0 Å². The van der Waals surface area contributed by atoms with E-state index in [0.717, 1.165) is 21.4 Å². The maximum Gasteiger partial charge on any atom is 0.101 e. The molecule has 0 aromatic heterocycles. The fourth-order valence-corrected chi connectivity index (χ4v) is 1.81. The van der Waals surface area contributed by atoms with Gasteiger partial charge in [-0.15, -0.1) is 0 Å². The van der Waals surface area contributed by atoms with Crippen molar-refractivity contribution in [3.63, 3.8) is 0 Å². The van der Waals surface area contributed by atoms with Gasteiger partial charge in [-0.2, -0.15) is 5.26 Å². The first kappa shape index (κ1) is 11.7. The van der Waals surface area contributed by atoms with Gasteiger partial charge in [0.1, 0.15) is 6.07 Å². The van der Waals surface area contributed by atoms with Crippen LogP contribution in [0.4, 0.5) is 11.4 Å². The van der Waals surface area contributed by atoms with E-state index in [1.807, 2.05) is 49.4 Å². The highest BCUT2D eigenvalue weighted by Gasteiger charge is 2.02. The van der Waals surface area contributed by atoms with E-state index in [9.17, 15) is 0 Å². The molecule has 2 aromatic rings. The zero-order chi connectivity index (χ0) is 12.3. The minimum absolute atomic E-state index is 0.651. The van der Waals surface area contributed by atoms with Crippen molar-refractivity contribution in [2.24, 2.45) is 0 Å². The van der Waals surface area contributed by atoms with Gasteiger partial charge in [0.25, 0.3) is 0 Å². The van der Waals surface area contributed by atoms with Crippen LogP contribution in [-0.4, -0.2) is 0 Å². The van der Waals surface area contributed by atoms with Crippen LogP contribution in [-0.2, 0) is 0 Å². The van der Waals surface area contributed by atoms with Crippen LogP contribution in [0.15, 0.2) is 46.9 Å². The van der Waals surface area contributed by atoms with Crippen LogP contribution < -0.4 is 5.32 Å². The van der Waals surface area contributed by atoms with Crippen molar-refractivity contribution < 1.29 is 0 Å². The number of nitrogens with one attached hydrogen (secondary N) is 1. The summed E-state index contributed by atoms with van der Waals surface area (Å²) in [4.78, 5) is 0. The Morgan fingerprint density at radius 1 is 1.12 bits per heavy atom. The molecule has 0 aliphatic carbocycles. The van der Waals surface area contributed by atoms with Gasteiger partial charge in [0.15, 0.2) is 0 Å². The molecule has 0 spiro atoms. The molecule has 2 aromatic carbocycles. The predicted molar refractivity (Wildman–Crippen MR) is 73.3 cm³/mol. The Bertz CT molecular complexity index is 568. The van der Waals surface area contributed by atoms with Crippen molar-refractivity contribution >= 4 is 27.3 Å². The average molecular weight is 287 g/mol. The summed E-state index contributed by atoms with van der Waals surface area (Å²) in [5, 5.41) is 12.3. The van der Waals surface area contributed by atoms with Crippen molar-refractivity contribution in [3.8, 4) is 6.07 Å². The van der Waals surface area contributed by atoms with Gasteiger partial charge in [0, 0.05) is 10.2 Å². The molecule has 0 saturated heterocycles. The molecule has 0 amide bonds. The van der Waals surface area contributed by atoms with Gasteiger partial charge >= 0.3 is 0 Å². The largest absolute Gasteiger partial charge is 0.354 e. The van der Waals surface area contributed by atoms with Gasteiger partial charge in [-0.1, -0.05) is 22.0 Å². The number of anilines is 2. The first-order chi connectivity index (χ1) is 8.19. The normalized spacial score (nSPS) is 9.71. The summed E-state index contributed by atoms with van der Waals surface area (Å²) in [6, 6.07) is 15.8. The lowest BCUT2D eigenvalue weighted by Gasteiger charge is -2.09. The van der Waals surface area contributed by atoms with E-state index in [0.29, 0.717) is 5.56 Å². The number of nitriles is 1. The molecule has 0 bridgehead atoms. The van der Waals surface area contributed by atoms with Crippen LogP contribution in [0.3, 0.4) is 0 Å². The minimum Gasteiger partial charge on any atom is -0.354 e. The van der Waals surface area contributed by atoms with Gasteiger partial charge < -0.3 is 5.32 Å². The third kappa shape index (κ3) is 2.86. The molecule has 0 unspecified atom stereocenters. The molecule has 3 heteroatoms. The zero-order valence-corrected chi connectivity index (χ0v) is 11.0. The number of aryl methyl sites for hydroxylation is 1. The second-order valence-electron chi connectivity index (χ2n) is 3.79. The summed E-state index contributed by atoms with van der Waals surface area (Å²) >= 11 is 3.39. The van der Waals surface area contributed by atoms with Gasteiger partial charge in [0.2, 0.25) is 0 Å². The molecule has 0 aliphatic rings. The average Bonchev–Trinajstić information content (AvgIpc) is 2.32. The molecule has 2 nitrogen and oxygen atoms in total. The zero-order valence-electron chi connectivity index (χ0n) is 9.37. The van der Waals surface area contributed by atoms with Gasteiger partial charge in [-0.05, 0) is 48.9 Å². The Kier molecular flexibility index (Phi) is 3.46. The lowest BCUT2D eigenvalue weighted by Crippen LogP contribution is -1.94. The molecular weight excluding hydrogens is 276 g/mol. The molecular formula is C14H11BrN2. The summed E-state index contributed by atoms with van der Waals surface area (Å²) in [5.74, 6) is 0. The summed E-state index contributed by atoms with van der Waals surface area (Å²) in [7, 11) is 0. The number of hydrogen-bond donors (Lipinski definition) is 1. The predicted octanol–water partition coefficient (Wildman–Crippen LogP) is 4.37. The second kappa shape index (κ2) is 5.03. The van der Waals surface area contributed by atoms with Crippen molar-refractivity contribution in [2.75, 3.05) is 5.32 Å². The highest BCUT2D eigenvalue weighted by Crippen LogP contribution is 2.23. The third-order valence-corrected chi connectivity index (χ3v) is 2.95. The van der Waals surface area contributed by atoms with Crippen molar-refractivity contribution in [1.29, 1.82) is 5.26 Å². The smallest absolute Gasteiger partial charge is 0.101 e. The molecule has 84 valence electrons. The van der Waals surface area contributed by atoms with Crippen LogP contribution in [0.2, 0.25) is 0 Å². The lowest BCUT2D eigenvalue weighted by molar-refractivity contribution is 1.41. The van der Waals surface area contributed by atoms with Crippen LogP contribution in [0.25, 0.3) is 0 Å². The summed E-state index contributed by atoms with van der Waals surface area (Å²) in [5.41, 5.74) is 3.59. The number of nitrogens with zero attached hydrogens (tertiary/aromatic N) is 1. The minimum atomic E-state index is 0.651. The third-order valence-electron chi connectivity index (χ3n) is 2.42. The summed E-state index contributed by atoms with van der Waals surface area (Å²) < 4.78 is 1.03. The number of halogens is 1. The lowest BCUT2D eigenvalue weighted by atomic mass is 10.1. The Hall–Kier alpha value is -1.79. The molecule has 0 atom stereocenters. The monoisotopic (exact) mass is 286 g/mol. The van der Waals surface area contributed by atoms with E-state index in [4.69, 9.17) is 5.26 Å². The Balaban J connectivity index is 2.32. The topological polar surface area (TPSA) is 35.8 Å². The molecule has 17 heavy (non-hydrogen) atoms. The molecule has 1 N–H and O–H groups in total. The Labute approximate surface area is 109 Å². The van der Waals surface area contributed by atoms with Crippen LogP contribution in [0, 0.1) is 18.3 Å². The molecule has 0 fully saturated rings. The number of benzene rings is 2. The molecule has 0 radical (unpaired) electrons. The highest BCUT2D eigenvalue weighted by molar-refractivity contribution is 9.10. The molecule has 0 saturated carbocycles. The van der Waals surface area contributed by atoms with E-state index in [-0.39, 0.29) is 0 Å². The molecule has 0 aliphatic heterocycles. The summed E-state index contributed by atoms with van der Waals surface area (Å²) in [6.45, 7) is 2.01. The second-order valence-corrected chi connectivity index (χ2v) is 4.71. The van der Waals surface area contributed by atoms with Gasteiger partial charge in [0.05, 0.1) is 11.3 Å². The van der Waals surface area contributed by atoms with E-state index in [2.05, 4.69) is 27.3 Å². The van der Waals surface area contributed by atoms with E-state index in [1.165, 1.54) is 0 Å². The van der Waals surface area contributed by atoms with E-state index < -0.39 is 0 Å². The van der Waals surface area contributed by atoms with Crippen molar-refractivity contribution in [1.82, 2.24) is 0 Å². The Morgan fingerprint density at radius 2 is 1.82 bits per heavy atom. The quantitative estimate of drug-likeness (QED) is 0.890. The van der Waals surface area contributed by atoms with Crippen molar-refractivity contribution in [2.45, 2.75) is 6.92 Å². The van der Waals surface area contributed by atoms with E-state index in [1.54, 1.807) is 0 Å². The van der Waals surface area contributed by atoms with Gasteiger partial charge in [-0.3, -0.25) is 0 Å². The Morgan fingerprint density at radius 3 is 2.47 bits per heavy atom. The first-order valence-electron chi connectivity index (χ1n) is 5.22. The molecule has 0 heterocycles. The van der Waals surface area contributed by atoms with Crippen LogP contribution >= 0.6 is 15.9 Å². The first-order valence-corrected chi connectivity index (χ1v) is 6.01. The number of rotatable bonds is 2. The maximum atomic E-state index is 9.03. The summed E-state index contributed by atoms with van der Waals surface area (Å²) in [6.07, 6.45) is 0. The highest BCUT2D eigenvalue weighted by atomic mass is 79.9. The molecule has 2 rings (SSSR count). The van der Waals surface area contributed by atoms with Gasteiger partial charge in [-0.25, -0.2) is 0 Å². The van der Waals surface area contributed by atoms with Crippen LogP contribution in [0.5, 0.6) is 0 Å². The SMILES string of the molecule is Cc1ccc(C#N)c(Nc2ccc(Br)cc2)c1.